The molecule has 0 fully saturated rings. The van der Waals surface area contributed by atoms with Gasteiger partial charge in [-0.15, -0.1) is 0 Å². The molecule has 0 aliphatic carbocycles. The van der Waals surface area contributed by atoms with Gasteiger partial charge in [-0.2, -0.15) is 0 Å². The second-order valence-electron chi connectivity index (χ2n) is 3.96. The monoisotopic (exact) mass is 234 g/mol. The highest BCUT2D eigenvalue weighted by Crippen LogP contribution is 2.19. The Hall–Kier alpha value is 0.480. The molecule has 0 rings (SSSR count). The predicted molar refractivity (Wildman–Crippen MR) is 60.9 cm³/mol. The van der Waals surface area contributed by atoms with Crippen LogP contribution in [-0.2, 0) is 0 Å². The van der Waals surface area contributed by atoms with Crippen molar-refractivity contribution in [3.8, 4) is 0 Å². The van der Waals surface area contributed by atoms with E-state index < -0.39 is 0 Å². The second kappa shape index (κ2) is 8.10. The summed E-state index contributed by atoms with van der Waals surface area (Å²) in [6.45, 7) is 6.83. The first kappa shape index (κ1) is 12.5. The van der Waals surface area contributed by atoms with Crippen LogP contribution in [0.1, 0.15) is 59.3 Å². The quantitative estimate of drug-likeness (QED) is 0.440. The van der Waals surface area contributed by atoms with Gasteiger partial charge >= 0.3 is 0 Å². The van der Waals surface area contributed by atoms with Gasteiger partial charge < -0.3 is 0 Å². The van der Waals surface area contributed by atoms with E-state index >= 15 is 0 Å². The summed E-state index contributed by atoms with van der Waals surface area (Å²) < 4.78 is 0. The Balaban J connectivity index is 3.08. The molecule has 0 bridgehead atoms. The third kappa shape index (κ3) is 7.15. The van der Waals surface area contributed by atoms with Gasteiger partial charge in [-0.05, 0) is 12.3 Å². The highest BCUT2D eigenvalue weighted by atomic mass is 79.9. The van der Waals surface area contributed by atoms with Crippen molar-refractivity contribution in [2.75, 3.05) is 0 Å². The molecule has 0 N–H and O–H groups in total. The summed E-state index contributed by atoms with van der Waals surface area (Å²) >= 11 is 3.71. The van der Waals surface area contributed by atoms with Crippen LogP contribution < -0.4 is 0 Å². The van der Waals surface area contributed by atoms with Crippen molar-refractivity contribution >= 4 is 15.9 Å². The number of rotatable bonds is 7. The Morgan fingerprint density at radius 2 is 1.58 bits per heavy atom. The minimum atomic E-state index is 0.735. The minimum Gasteiger partial charge on any atom is -0.0888 e. The maximum atomic E-state index is 3.71. The summed E-state index contributed by atoms with van der Waals surface area (Å²) in [5, 5.41) is 0. The highest BCUT2D eigenvalue weighted by molar-refractivity contribution is 9.09. The van der Waals surface area contributed by atoms with Crippen LogP contribution in [0.15, 0.2) is 0 Å². The molecule has 0 saturated heterocycles. The van der Waals surface area contributed by atoms with Crippen LogP contribution in [0.3, 0.4) is 0 Å². The summed E-state index contributed by atoms with van der Waals surface area (Å²) in [6, 6.07) is 0. The van der Waals surface area contributed by atoms with Crippen molar-refractivity contribution in [2.45, 2.75) is 64.1 Å². The van der Waals surface area contributed by atoms with Crippen LogP contribution in [0.2, 0.25) is 0 Å². The molecule has 0 aliphatic rings. The van der Waals surface area contributed by atoms with Crippen molar-refractivity contribution in [2.24, 2.45) is 5.92 Å². The number of alkyl halides is 1. The number of halogens is 1. The molecule has 0 amide bonds. The molecule has 0 aromatic carbocycles. The van der Waals surface area contributed by atoms with Gasteiger partial charge in [0.15, 0.2) is 0 Å². The molecule has 0 aliphatic heterocycles. The van der Waals surface area contributed by atoms with E-state index in [0.29, 0.717) is 0 Å². The van der Waals surface area contributed by atoms with Crippen LogP contribution in [-0.4, -0.2) is 4.83 Å². The van der Waals surface area contributed by atoms with Crippen LogP contribution in [0.4, 0.5) is 0 Å². The molecule has 1 unspecified atom stereocenters. The third-order valence-electron chi connectivity index (χ3n) is 2.31. The van der Waals surface area contributed by atoms with Crippen molar-refractivity contribution < 1.29 is 0 Å². The maximum absolute atomic E-state index is 3.71. The fourth-order valence-corrected chi connectivity index (χ4v) is 1.60. The zero-order valence-electron chi connectivity index (χ0n) is 8.78. The van der Waals surface area contributed by atoms with Gasteiger partial charge in [-0.25, -0.2) is 0 Å². The lowest BCUT2D eigenvalue weighted by molar-refractivity contribution is 0.533. The first-order chi connectivity index (χ1) is 5.68. The molecular weight excluding hydrogens is 212 g/mol. The molecule has 0 nitrogen and oxygen atoms in total. The van der Waals surface area contributed by atoms with Gasteiger partial charge in [-0.1, -0.05) is 68.8 Å². The fraction of sp³-hybridized carbons (Fsp3) is 1.00. The Morgan fingerprint density at radius 3 is 2.08 bits per heavy atom. The molecule has 74 valence electrons. The first-order valence-electron chi connectivity index (χ1n) is 5.32. The number of unbranched alkanes of at least 4 members (excludes halogenated alkanes) is 4. The van der Waals surface area contributed by atoms with E-state index in [0.717, 1.165) is 10.7 Å². The Morgan fingerprint density at radius 1 is 1.00 bits per heavy atom. The average molecular weight is 235 g/mol. The lowest BCUT2D eigenvalue weighted by atomic mass is 10.0. The van der Waals surface area contributed by atoms with E-state index in [9.17, 15) is 0 Å². The van der Waals surface area contributed by atoms with Crippen molar-refractivity contribution in [1.29, 1.82) is 0 Å². The highest BCUT2D eigenvalue weighted by Gasteiger charge is 2.07. The molecule has 1 heteroatoms. The molecule has 0 aromatic heterocycles. The maximum Gasteiger partial charge on any atom is 0.0168 e. The van der Waals surface area contributed by atoms with E-state index in [1.807, 2.05) is 0 Å². The fourth-order valence-electron chi connectivity index (χ4n) is 1.28. The zero-order chi connectivity index (χ0) is 9.40. The largest absolute Gasteiger partial charge is 0.0888 e. The topological polar surface area (TPSA) is 0 Å². The van der Waals surface area contributed by atoms with E-state index in [1.54, 1.807) is 0 Å². The Bertz CT molecular complexity index is 89.0. The van der Waals surface area contributed by atoms with Gasteiger partial charge in [0.05, 0.1) is 0 Å². The molecule has 12 heavy (non-hydrogen) atoms. The lowest BCUT2D eigenvalue weighted by Gasteiger charge is -2.12. The summed E-state index contributed by atoms with van der Waals surface area (Å²) in [4.78, 5) is 0.735. The Kier molecular flexibility index (Phi) is 8.42. The van der Waals surface area contributed by atoms with Crippen molar-refractivity contribution in [3.05, 3.63) is 0 Å². The van der Waals surface area contributed by atoms with Gasteiger partial charge in [0.2, 0.25) is 0 Å². The van der Waals surface area contributed by atoms with E-state index in [2.05, 4.69) is 36.7 Å². The predicted octanol–water partition coefficient (Wildman–Crippen LogP) is 4.77. The average Bonchev–Trinajstić information content (AvgIpc) is 2.03. The molecule has 0 aromatic rings. The summed E-state index contributed by atoms with van der Waals surface area (Å²) in [6.07, 6.45) is 8.35. The molecule has 0 radical (unpaired) electrons. The SMILES string of the molecule is CCCCCCCC(Br)C(C)C. The normalized spacial score (nSPS) is 13.8. The summed E-state index contributed by atoms with van der Waals surface area (Å²) in [5.74, 6) is 0.788. The zero-order valence-corrected chi connectivity index (χ0v) is 10.4. The second-order valence-corrected chi connectivity index (χ2v) is 5.14. The van der Waals surface area contributed by atoms with E-state index in [4.69, 9.17) is 0 Å². The van der Waals surface area contributed by atoms with Crippen LogP contribution in [0.5, 0.6) is 0 Å². The third-order valence-corrected chi connectivity index (χ3v) is 3.82. The van der Waals surface area contributed by atoms with Gasteiger partial charge in [-0.3, -0.25) is 0 Å². The van der Waals surface area contributed by atoms with Gasteiger partial charge in [0, 0.05) is 4.83 Å². The van der Waals surface area contributed by atoms with Crippen LogP contribution in [0, 0.1) is 5.92 Å². The van der Waals surface area contributed by atoms with Crippen LogP contribution >= 0.6 is 15.9 Å². The first-order valence-corrected chi connectivity index (χ1v) is 6.24. The molecule has 0 spiro atoms. The van der Waals surface area contributed by atoms with Crippen molar-refractivity contribution in [1.82, 2.24) is 0 Å². The Labute approximate surface area is 86.3 Å². The lowest BCUT2D eigenvalue weighted by Crippen LogP contribution is -2.06. The van der Waals surface area contributed by atoms with Gasteiger partial charge in [0.1, 0.15) is 0 Å². The van der Waals surface area contributed by atoms with Crippen molar-refractivity contribution in [3.63, 3.8) is 0 Å². The molecule has 1 atom stereocenters. The van der Waals surface area contributed by atoms with Gasteiger partial charge in [0.25, 0.3) is 0 Å². The molecule has 0 heterocycles. The van der Waals surface area contributed by atoms with E-state index in [1.165, 1.54) is 38.5 Å². The molecule has 0 saturated carbocycles. The molecular formula is C11H23Br. The summed E-state index contributed by atoms with van der Waals surface area (Å²) in [5.41, 5.74) is 0. The summed E-state index contributed by atoms with van der Waals surface area (Å²) in [7, 11) is 0. The van der Waals surface area contributed by atoms with Crippen LogP contribution in [0.25, 0.3) is 0 Å². The van der Waals surface area contributed by atoms with E-state index in [-0.39, 0.29) is 0 Å². The number of hydrogen-bond acceptors (Lipinski definition) is 0. The smallest absolute Gasteiger partial charge is 0.0168 e. The minimum absolute atomic E-state index is 0.735. The number of hydrogen-bond donors (Lipinski definition) is 0. The standard InChI is InChI=1S/C11H23Br/c1-4-5-6-7-8-9-11(12)10(2)3/h10-11H,4-9H2,1-3H3.